The molecule has 0 radical (unpaired) electrons. The molecule has 0 unspecified atom stereocenters. The van der Waals surface area contributed by atoms with Gasteiger partial charge in [-0.2, -0.15) is 0 Å². The summed E-state index contributed by atoms with van der Waals surface area (Å²) in [7, 11) is 0. The maximum Gasteiger partial charge on any atom is 0.167 e. The van der Waals surface area contributed by atoms with E-state index in [2.05, 4.69) is 13.0 Å². The van der Waals surface area contributed by atoms with Gasteiger partial charge in [0.2, 0.25) is 0 Å². The van der Waals surface area contributed by atoms with Crippen molar-refractivity contribution in [2.75, 3.05) is 0 Å². The minimum absolute atomic E-state index is 0.265. The highest BCUT2D eigenvalue weighted by molar-refractivity contribution is 5.85. The van der Waals surface area contributed by atoms with Gasteiger partial charge in [-0.15, -0.1) is 0 Å². The minimum Gasteiger partial charge on any atom is -0.486 e. The molecule has 0 aliphatic carbocycles. The van der Waals surface area contributed by atoms with E-state index in [9.17, 15) is 4.39 Å². The van der Waals surface area contributed by atoms with Gasteiger partial charge in [-0.1, -0.05) is 48.5 Å². The highest BCUT2D eigenvalue weighted by atomic mass is 19.1. The lowest BCUT2D eigenvalue weighted by Crippen LogP contribution is -1.99. The number of halogens is 1. The van der Waals surface area contributed by atoms with Crippen molar-refractivity contribution in [2.24, 2.45) is 0 Å². The van der Waals surface area contributed by atoms with Gasteiger partial charge in [-0.25, -0.2) is 4.39 Å². The van der Waals surface area contributed by atoms with Crippen LogP contribution in [0.3, 0.4) is 0 Å². The molecule has 3 aromatic carbocycles. The SMILES string of the molecule is Cc1cn(-c2ccc(OCc3ccccc3)c(F)c2)c2ccccc12. The van der Waals surface area contributed by atoms with Crippen molar-refractivity contribution in [1.82, 2.24) is 4.57 Å². The molecule has 4 rings (SSSR count). The topological polar surface area (TPSA) is 14.2 Å². The van der Waals surface area contributed by atoms with Crippen molar-refractivity contribution >= 4 is 10.9 Å². The van der Waals surface area contributed by atoms with E-state index in [0.717, 1.165) is 16.8 Å². The Bertz CT molecular complexity index is 1020. The predicted molar refractivity (Wildman–Crippen MR) is 98.7 cm³/mol. The van der Waals surface area contributed by atoms with Crippen molar-refractivity contribution in [2.45, 2.75) is 13.5 Å². The fourth-order valence-corrected chi connectivity index (χ4v) is 3.06. The molecular formula is C22H18FNO. The largest absolute Gasteiger partial charge is 0.486 e. The highest BCUT2D eigenvalue weighted by Gasteiger charge is 2.10. The van der Waals surface area contributed by atoms with Crippen LogP contribution in [-0.2, 0) is 6.61 Å². The zero-order chi connectivity index (χ0) is 17.2. The van der Waals surface area contributed by atoms with E-state index in [-0.39, 0.29) is 11.6 Å². The molecule has 0 aliphatic rings. The average molecular weight is 331 g/mol. The van der Waals surface area contributed by atoms with Crippen LogP contribution >= 0.6 is 0 Å². The number of para-hydroxylation sites is 1. The van der Waals surface area contributed by atoms with Crippen LogP contribution in [0.1, 0.15) is 11.1 Å². The first kappa shape index (κ1) is 15.5. The second kappa shape index (κ2) is 6.44. The van der Waals surface area contributed by atoms with E-state index in [1.807, 2.05) is 65.4 Å². The van der Waals surface area contributed by atoms with Gasteiger partial charge in [0.15, 0.2) is 11.6 Å². The van der Waals surface area contributed by atoms with Crippen molar-refractivity contribution in [3.63, 3.8) is 0 Å². The third-order valence-corrected chi connectivity index (χ3v) is 4.34. The molecule has 3 heteroatoms. The molecule has 2 nitrogen and oxygen atoms in total. The number of rotatable bonds is 4. The fourth-order valence-electron chi connectivity index (χ4n) is 3.06. The minimum atomic E-state index is -0.358. The van der Waals surface area contributed by atoms with Gasteiger partial charge in [0.1, 0.15) is 6.61 Å². The van der Waals surface area contributed by atoms with Gasteiger partial charge < -0.3 is 9.30 Å². The molecule has 0 atom stereocenters. The molecule has 25 heavy (non-hydrogen) atoms. The first-order chi connectivity index (χ1) is 12.2. The van der Waals surface area contributed by atoms with Gasteiger partial charge in [0.05, 0.1) is 5.52 Å². The van der Waals surface area contributed by atoms with E-state index >= 15 is 0 Å². The Labute approximate surface area is 146 Å². The predicted octanol–water partition coefficient (Wildman–Crippen LogP) is 5.66. The Morgan fingerprint density at radius 2 is 1.68 bits per heavy atom. The summed E-state index contributed by atoms with van der Waals surface area (Å²) in [5.74, 6) is -0.0929. The zero-order valence-electron chi connectivity index (χ0n) is 13.9. The average Bonchev–Trinajstić information content (AvgIpc) is 2.99. The highest BCUT2D eigenvalue weighted by Crippen LogP contribution is 2.27. The Hall–Kier alpha value is -3.07. The van der Waals surface area contributed by atoms with Crippen LogP contribution in [0.2, 0.25) is 0 Å². The van der Waals surface area contributed by atoms with Crippen LogP contribution in [0, 0.1) is 12.7 Å². The van der Waals surface area contributed by atoms with Crippen LogP contribution in [-0.4, -0.2) is 4.57 Å². The quantitative estimate of drug-likeness (QED) is 0.471. The molecule has 1 heterocycles. The van der Waals surface area contributed by atoms with E-state index in [0.29, 0.717) is 6.61 Å². The normalized spacial score (nSPS) is 11.0. The lowest BCUT2D eigenvalue weighted by molar-refractivity contribution is 0.290. The maximum absolute atomic E-state index is 14.5. The second-order valence-corrected chi connectivity index (χ2v) is 6.09. The molecule has 0 N–H and O–H groups in total. The first-order valence-corrected chi connectivity index (χ1v) is 8.26. The van der Waals surface area contributed by atoms with Gasteiger partial charge in [0, 0.05) is 23.3 Å². The molecule has 0 aliphatic heterocycles. The summed E-state index contributed by atoms with van der Waals surface area (Å²) in [6.45, 7) is 2.41. The molecule has 1 aromatic heterocycles. The van der Waals surface area contributed by atoms with Crippen molar-refractivity contribution in [3.8, 4) is 11.4 Å². The molecular weight excluding hydrogens is 313 g/mol. The molecule has 0 saturated carbocycles. The van der Waals surface area contributed by atoms with Crippen LogP contribution in [0.15, 0.2) is 79.0 Å². The van der Waals surface area contributed by atoms with Gasteiger partial charge in [-0.05, 0) is 36.2 Å². The number of benzene rings is 3. The third kappa shape index (κ3) is 3.01. The smallest absolute Gasteiger partial charge is 0.167 e. The van der Waals surface area contributed by atoms with E-state index < -0.39 is 0 Å². The monoisotopic (exact) mass is 331 g/mol. The Morgan fingerprint density at radius 3 is 2.48 bits per heavy atom. The molecule has 0 fully saturated rings. The molecule has 0 saturated heterocycles. The summed E-state index contributed by atoms with van der Waals surface area (Å²) in [4.78, 5) is 0. The molecule has 0 amide bonds. The Morgan fingerprint density at radius 1 is 0.920 bits per heavy atom. The maximum atomic E-state index is 14.5. The third-order valence-electron chi connectivity index (χ3n) is 4.34. The number of hydrogen-bond acceptors (Lipinski definition) is 1. The van der Waals surface area contributed by atoms with E-state index in [1.54, 1.807) is 6.07 Å². The van der Waals surface area contributed by atoms with Gasteiger partial charge >= 0.3 is 0 Å². The lowest BCUT2D eigenvalue weighted by atomic mass is 10.2. The van der Waals surface area contributed by atoms with Crippen molar-refractivity contribution < 1.29 is 9.13 Å². The summed E-state index contributed by atoms with van der Waals surface area (Å²) in [5.41, 5.74) is 4.03. The van der Waals surface area contributed by atoms with E-state index in [1.165, 1.54) is 17.0 Å². The van der Waals surface area contributed by atoms with Crippen LogP contribution in [0.4, 0.5) is 4.39 Å². The number of hydrogen-bond donors (Lipinski definition) is 0. The zero-order valence-corrected chi connectivity index (χ0v) is 13.9. The standard InChI is InChI=1S/C22H18FNO/c1-16-14-24(21-10-6-5-9-19(16)21)18-11-12-22(20(23)13-18)25-15-17-7-3-2-4-8-17/h2-14H,15H2,1H3. The van der Waals surface area contributed by atoms with Gasteiger partial charge in [-0.3, -0.25) is 0 Å². The molecule has 0 spiro atoms. The number of aryl methyl sites for hydroxylation is 1. The Kier molecular flexibility index (Phi) is 3.98. The fraction of sp³-hybridized carbons (Fsp3) is 0.0909. The second-order valence-electron chi connectivity index (χ2n) is 6.09. The molecule has 124 valence electrons. The van der Waals surface area contributed by atoms with E-state index in [4.69, 9.17) is 4.74 Å². The first-order valence-electron chi connectivity index (χ1n) is 8.26. The van der Waals surface area contributed by atoms with Crippen LogP contribution in [0.25, 0.3) is 16.6 Å². The van der Waals surface area contributed by atoms with Crippen LogP contribution in [0.5, 0.6) is 5.75 Å². The van der Waals surface area contributed by atoms with Gasteiger partial charge in [0.25, 0.3) is 0 Å². The number of ether oxygens (including phenoxy) is 1. The lowest BCUT2D eigenvalue weighted by Gasteiger charge is -2.10. The van der Waals surface area contributed by atoms with Crippen molar-refractivity contribution in [3.05, 3.63) is 95.9 Å². The summed E-state index contributed by atoms with van der Waals surface area (Å²) in [6, 6.07) is 23.0. The molecule has 4 aromatic rings. The Balaban J connectivity index is 1.63. The number of aromatic nitrogens is 1. The summed E-state index contributed by atoms with van der Waals surface area (Å²) in [5, 5.41) is 1.17. The molecule has 0 bridgehead atoms. The van der Waals surface area contributed by atoms with Crippen LogP contribution < -0.4 is 4.74 Å². The summed E-state index contributed by atoms with van der Waals surface area (Å²) < 4.78 is 22.1. The van der Waals surface area contributed by atoms with Crippen molar-refractivity contribution in [1.29, 1.82) is 0 Å². The number of fused-ring (bicyclic) bond motifs is 1. The summed E-state index contributed by atoms with van der Waals surface area (Å²) in [6.07, 6.45) is 2.03. The summed E-state index contributed by atoms with van der Waals surface area (Å²) >= 11 is 0. The number of nitrogens with zero attached hydrogens (tertiary/aromatic N) is 1.